The molecule has 0 saturated heterocycles. The van der Waals surface area contributed by atoms with Crippen molar-refractivity contribution < 1.29 is 17.9 Å². The Morgan fingerprint density at radius 3 is 2.00 bits per heavy atom. The Balaban J connectivity index is 1.50. The van der Waals surface area contributed by atoms with E-state index in [1.165, 1.54) is 7.11 Å². The zero-order valence-corrected chi connectivity index (χ0v) is 10.1. The van der Waals surface area contributed by atoms with Crippen LogP contribution in [0.25, 0.3) is 0 Å². The summed E-state index contributed by atoms with van der Waals surface area (Å²) in [5.41, 5.74) is -0.182. The van der Waals surface area contributed by atoms with E-state index in [-0.39, 0.29) is 22.6 Å². The number of carbonyl (C=O) groups excluding carboxylic acids is 1. The van der Waals surface area contributed by atoms with Crippen LogP contribution in [0.1, 0.15) is 0 Å². The molecule has 92 valence electrons. The molecule has 0 bridgehead atoms. The monoisotopic (exact) mass is 255 g/mol. The van der Waals surface area contributed by atoms with E-state index in [1.807, 2.05) is 0 Å². The van der Waals surface area contributed by atoms with Crippen LogP contribution in [0, 0.1) is 46.3 Å². The van der Waals surface area contributed by atoms with Gasteiger partial charge in [-0.3, -0.25) is 4.79 Å². The van der Waals surface area contributed by atoms with Gasteiger partial charge < -0.3 is 4.74 Å². The van der Waals surface area contributed by atoms with Gasteiger partial charge in [0.1, 0.15) is 0 Å². The zero-order valence-electron chi connectivity index (χ0n) is 9.29. The molecular formula is C11H13NO4S. The lowest BCUT2D eigenvalue weighted by atomic mass is 8.92. The van der Waals surface area contributed by atoms with Gasteiger partial charge in [-0.1, -0.05) is 0 Å². The lowest BCUT2D eigenvalue weighted by Gasteiger charge is -3.10. The molecule has 0 heterocycles. The first kappa shape index (κ1) is 9.33. The van der Waals surface area contributed by atoms with Gasteiger partial charge in [-0.2, -0.15) is 0 Å². The molecule has 5 nitrogen and oxygen atoms in total. The standard InChI is InChI=1S/C11H13NO4S/c1-16-9(13)11-6-3-7(11)5-8(11)4(6)10(3,5)2-17(12,14)15/h3-8H,2H2,1H3,(H2,12,14,15). The summed E-state index contributed by atoms with van der Waals surface area (Å²) in [5, 5.41) is 5.18. The lowest BCUT2D eigenvalue weighted by Crippen LogP contribution is -3.11. The summed E-state index contributed by atoms with van der Waals surface area (Å²) in [5.74, 6) is 2.75. The Morgan fingerprint density at radius 1 is 1.18 bits per heavy atom. The van der Waals surface area contributed by atoms with Crippen LogP contribution < -0.4 is 5.14 Å². The van der Waals surface area contributed by atoms with Gasteiger partial charge in [0.15, 0.2) is 0 Å². The fourth-order valence-corrected chi connectivity index (χ4v) is 8.25. The quantitative estimate of drug-likeness (QED) is 0.668. The van der Waals surface area contributed by atoms with E-state index in [2.05, 4.69) is 0 Å². The molecule has 0 aromatic heterocycles. The van der Waals surface area contributed by atoms with E-state index < -0.39 is 10.0 Å². The largest absolute Gasteiger partial charge is 0.469 e. The van der Waals surface area contributed by atoms with Crippen LogP contribution in [0.4, 0.5) is 0 Å². The number of hydrogen-bond acceptors (Lipinski definition) is 4. The molecule has 6 aliphatic rings. The second kappa shape index (κ2) is 1.95. The summed E-state index contributed by atoms with van der Waals surface area (Å²) in [6.45, 7) is 0. The summed E-state index contributed by atoms with van der Waals surface area (Å²) < 4.78 is 27.5. The van der Waals surface area contributed by atoms with Crippen molar-refractivity contribution in [3.05, 3.63) is 0 Å². The van der Waals surface area contributed by atoms with Crippen molar-refractivity contribution in [1.82, 2.24) is 0 Å². The molecule has 0 spiro atoms. The predicted octanol–water partition coefficient (Wildman–Crippen LogP) is -0.814. The third kappa shape index (κ3) is 0.511. The van der Waals surface area contributed by atoms with Gasteiger partial charge in [0.25, 0.3) is 0 Å². The molecule has 0 aromatic carbocycles. The van der Waals surface area contributed by atoms with E-state index in [1.54, 1.807) is 0 Å². The Kier molecular flexibility index (Phi) is 1.07. The van der Waals surface area contributed by atoms with Crippen molar-refractivity contribution in [2.24, 2.45) is 51.5 Å². The highest BCUT2D eigenvalue weighted by molar-refractivity contribution is 7.89. The summed E-state index contributed by atoms with van der Waals surface area (Å²) in [6.07, 6.45) is 0. The molecule has 6 rings (SSSR count). The van der Waals surface area contributed by atoms with Crippen molar-refractivity contribution in [1.29, 1.82) is 0 Å². The van der Waals surface area contributed by atoms with Gasteiger partial charge in [0, 0.05) is 0 Å². The first-order valence-electron chi connectivity index (χ1n) is 6.01. The van der Waals surface area contributed by atoms with E-state index in [4.69, 9.17) is 9.88 Å². The highest BCUT2D eigenvalue weighted by Gasteiger charge is 3.11. The van der Waals surface area contributed by atoms with Gasteiger partial charge >= 0.3 is 5.97 Å². The normalized spacial score (nSPS) is 66.5. The van der Waals surface area contributed by atoms with Crippen molar-refractivity contribution in [2.75, 3.05) is 12.9 Å². The summed E-state index contributed by atoms with van der Waals surface area (Å²) in [6, 6.07) is 0. The third-order valence-electron chi connectivity index (χ3n) is 6.83. The summed E-state index contributed by atoms with van der Waals surface area (Å²) >= 11 is 0. The first-order chi connectivity index (χ1) is 7.92. The highest BCUT2D eigenvalue weighted by atomic mass is 32.2. The van der Waals surface area contributed by atoms with Gasteiger partial charge in [0.05, 0.1) is 18.3 Å². The Bertz CT molecular complexity index is 541. The number of primary sulfonamides is 1. The number of carbonyl (C=O) groups is 1. The minimum Gasteiger partial charge on any atom is -0.469 e. The van der Waals surface area contributed by atoms with Crippen molar-refractivity contribution in [2.45, 2.75) is 0 Å². The summed E-state index contributed by atoms with van der Waals surface area (Å²) in [7, 11) is -1.93. The number of rotatable bonds is 3. The van der Waals surface area contributed by atoms with Gasteiger partial charge in [0.2, 0.25) is 10.0 Å². The van der Waals surface area contributed by atoms with Crippen LogP contribution >= 0.6 is 0 Å². The second-order valence-electron chi connectivity index (χ2n) is 6.50. The number of sulfonamides is 1. The van der Waals surface area contributed by atoms with E-state index >= 15 is 0 Å². The molecule has 6 saturated carbocycles. The maximum atomic E-state index is 11.8. The average Bonchev–Trinajstić information content (AvgIpc) is 2.26. The van der Waals surface area contributed by atoms with E-state index in [0.717, 1.165) is 0 Å². The molecule has 6 heteroatoms. The smallest absolute Gasteiger partial charge is 0.312 e. The third-order valence-corrected chi connectivity index (χ3v) is 7.73. The maximum Gasteiger partial charge on any atom is 0.312 e. The minimum absolute atomic E-state index is 0.0106. The number of nitrogens with two attached hydrogens (primary N) is 1. The first-order valence-corrected chi connectivity index (χ1v) is 7.73. The molecule has 0 aliphatic heterocycles. The fraction of sp³-hybridized carbons (Fsp3) is 0.909. The Hall–Kier alpha value is -0.620. The summed E-state index contributed by atoms with van der Waals surface area (Å²) in [4.78, 5) is 11.8. The number of methoxy groups -OCH3 is 1. The van der Waals surface area contributed by atoms with Crippen molar-refractivity contribution in [3.63, 3.8) is 0 Å². The molecule has 0 aromatic rings. The fourth-order valence-electron chi connectivity index (χ4n) is 6.97. The molecule has 6 fully saturated rings. The van der Waals surface area contributed by atoms with E-state index in [0.29, 0.717) is 35.5 Å². The molecule has 17 heavy (non-hydrogen) atoms. The SMILES string of the molecule is COC(=O)C12C3C4C1C1C2C3C41CS(N)(=O)=O. The van der Waals surface area contributed by atoms with Crippen LogP contribution in [-0.4, -0.2) is 27.2 Å². The second-order valence-corrected chi connectivity index (χ2v) is 8.11. The van der Waals surface area contributed by atoms with Gasteiger partial charge in [-0.15, -0.1) is 0 Å². The Labute approximate surface area is 98.7 Å². The van der Waals surface area contributed by atoms with E-state index in [9.17, 15) is 13.2 Å². The molecule has 0 radical (unpaired) electrons. The van der Waals surface area contributed by atoms with Gasteiger partial charge in [-0.25, -0.2) is 13.6 Å². The number of hydrogen-bond donors (Lipinski definition) is 1. The molecule has 2 N–H and O–H groups in total. The molecular weight excluding hydrogens is 242 g/mol. The van der Waals surface area contributed by atoms with Gasteiger partial charge in [-0.05, 0) is 40.9 Å². The molecule has 0 atom stereocenters. The van der Waals surface area contributed by atoms with Crippen molar-refractivity contribution >= 4 is 16.0 Å². The Morgan fingerprint density at radius 2 is 1.65 bits per heavy atom. The molecule has 0 amide bonds. The molecule has 6 aliphatic carbocycles. The van der Waals surface area contributed by atoms with Crippen LogP contribution in [0.2, 0.25) is 0 Å². The zero-order chi connectivity index (χ0) is 12.0. The van der Waals surface area contributed by atoms with Crippen LogP contribution in [0.15, 0.2) is 0 Å². The average molecular weight is 255 g/mol. The molecule has 0 unspecified atom stereocenters. The van der Waals surface area contributed by atoms with Crippen LogP contribution in [-0.2, 0) is 19.6 Å². The number of ether oxygens (including phenoxy) is 1. The maximum absolute atomic E-state index is 11.8. The van der Waals surface area contributed by atoms with Crippen LogP contribution in [0.3, 0.4) is 0 Å². The lowest BCUT2D eigenvalue weighted by molar-refractivity contribution is -0.637. The topological polar surface area (TPSA) is 86.5 Å². The predicted molar refractivity (Wildman–Crippen MR) is 55.8 cm³/mol. The minimum atomic E-state index is -3.38. The van der Waals surface area contributed by atoms with Crippen LogP contribution in [0.5, 0.6) is 0 Å². The van der Waals surface area contributed by atoms with Crippen molar-refractivity contribution in [3.8, 4) is 0 Å². The highest BCUT2D eigenvalue weighted by Crippen LogP contribution is 3.10. The number of esters is 1.